The fraction of sp³-hybridized carbons (Fsp3) is 0.241. The van der Waals surface area contributed by atoms with E-state index >= 15 is 0 Å². The van der Waals surface area contributed by atoms with Gasteiger partial charge in [0.25, 0.3) is 0 Å². The average Bonchev–Trinajstić information content (AvgIpc) is 2.90. The Morgan fingerprint density at radius 3 is 1.62 bits per heavy atom. The largest absolute Gasteiger partial charge is 0.514 e. The Labute approximate surface area is 201 Å². The number of nitrogens with zero attached hydrogens (tertiary/aromatic N) is 2. The van der Waals surface area contributed by atoms with Crippen LogP contribution in [-0.2, 0) is 5.54 Å². The summed E-state index contributed by atoms with van der Waals surface area (Å²) in [7, 11) is 0. The van der Waals surface area contributed by atoms with Gasteiger partial charge in [0.1, 0.15) is 17.7 Å². The second kappa shape index (κ2) is 11.8. The summed E-state index contributed by atoms with van der Waals surface area (Å²) in [5.74, 6) is 0. The van der Waals surface area contributed by atoms with Gasteiger partial charge < -0.3 is 10.2 Å². The van der Waals surface area contributed by atoms with Crippen molar-refractivity contribution in [3.05, 3.63) is 120 Å². The summed E-state index contributed by atoms with van der Waals surface area (Å²) in [6.45, 7) is 0.699. The summed E-state index contributed by atoms with van der Waals surface area (Å²) >= 11 is 0. The minimum absolute atomic E-state index is 0.0879. The first kappa shape index (κ1) is 24.7. The van der Waals surface area contributed by atoms with E-state index in [0.29, 0.717) is 19.2 Å². The number of nitriles is 2. The van der Waals surface area contributed by atoms with Gasteiger partial charge in [0.15, 0.2) is 5.60 Å². The second-order valence-corrected chi connectivity index (χ2v) is 8.21. The van der Waals surface area contributed by atoms with Crippen LogP contribution in [0, 0.1) is 22.7 Å². The lowest BCUT2D eigenvalue weighted by Crippen LogP contribution is -2.45. The molecule has 0 saturated carbocycles. The number of aliphatic hydroxyl groups excluding tert-OH is 1. The first-order chi connectivity index (χ1) is 16.6. The third kappa shape index (κ3) is 5.35. The Hall–Kier alpha value is -3.90. The van der Waals surface area contributed by atoms with E-state index in [1.54, 1.807) is 12.1 Å². The Kier molecular flexibility index (Phi) is 8.60. The van der Waals surface area contributed by atoms with E-state index in [9.17, 15) is 10.4 Å². The maximum Gasteiger partial charge on any atom is 0.189 e. The van der Waals surface area contributed by atoms with Gasteiger partial charge in [0.05, 0.1) is 11.8 Å². The fourth-order valence-electron chi connectivity index (χ4n) is 4.31. The van der Waals surface area contributed by atoms with Crippen LogP contribution in [0.25, 0.3) is 0 Å². The summed E-state index contributed by atoms with van der Waals surface area (Å²) in [5.41, 5.74) is 0.585. The Balaban J connectivity index is 1.79. The highest BCUT2D eigenvalue weighted by molar-refractivity contribution is 5.49. The zero-order chi connectivity index (χ0) is 24.3. The number of hydrogen-bond donors (Lipinski definition) is 3. The van der Waals surface area contributed by atoms with E-state index < -0.39 is 11.1 Å². The van der Waals surface area contributed by atoms with Crippen molar-refractivity contribution in [2.75, 3.05) is 6.54 Å². The molecule has 0 saturated heterocycles. The van der Waals surface area contributed by atoms with Gasteiger partial charge in [0.2, 0.25) is 0 Å². The van der Waals surface area contributed by atoms with Crippen LogP contribution in [0.5, 0.6) is 0 Å². The van der Waals surface area contributed by atoms with Gasteiger partial charge in [-0.3, -0.25) is 5.32 Å². The van der Waals surface area contributed by atoms with Crippen LogP contribution in [0.15, 0.2) is 103 Å². The molecular formula is C29H29N3O2. The molecule has 3 aromatic carbocycles. The summed E-state index contributed by atoms with van der Waals surface area (Å²) in [6, 6.07) is 34.5. The number of hydrogen-bond acceptors (Lipinski definition) is 5. The predicted molar refractivity (Wildman–Crippen MR) is 133 cm³/mol. The number of benzene rings is 3. The molecule has 0 aliphatic heterocycles. The molecule has 0 spiro atoms. The molecule has 34 heavy (non-hydrogen) atoms. The van der Waals surface area contributed by atoms with Crippen molar-refractivity contribution >= 4 is 0 Å². The molecule has 0 bridgehead atoms. The topological polar surface area (TPSA) is 100 Å². The molecular weight excluding hydrogens is 422 g/mol. The maximum atomic E-state index is 10.4. The molecule has 0 heterocycles. The molecule has 0 fully saturated rings. The van der Waals surface area contributed by atoms with Crippen molar-refractivity contribution in [1.82, 2.24) is 5.32 Å². The Morgan fingerprint density at radius 2 is 1.24 bits per heavy atom. The third-order valence-corrected chi connectivity index (χ3v) is 6.11. The summed E-state index contributed by atoms with van der Waals surface area (Å²) in [5, 5.41) is 41.7. The van der Waals surface area contributed by atoms with E-state index in [1.165, 1.54) is 0 Å². The minimum Gasteiger partial charge on any atom is -0.514 e. The van der Waals surface area contributed by atoms with Crippen LogP contribution < -0.4 is 5.32 Å². The van der Waals surface area contributed by atoms with Crippen LogP contribution in [0.1, 0.15) is 42.4 Å². The molecule has 5 heteroatoms. The first-order valence-corrected chi connectivity index (χ1v) is 11.4. The molecule has 3 N–H and O–H groups in total. The van der Waals surface area contributed by atoms with Crippen LogP contribution in [-0.4, -0.2) is 22.4 Å². The molecule has 0 radical (unpaired) electrons. The highest BCUT2D eigenvalue weighted by Crippen LogP contribution is 2.36. The lowest BCUT2D eigenvalue weighted by atomic mass is 9.77. The van der Waals surface area contributed by atoms with E-state index in [0.717, 1.165) is 29.5 Å². The molecule has 5 nitrogen and oxygen atoms in total. The zero-order valence-electron chi connectivity index (χ0n) is 19.1. The van der Waals surface area contributed by atoms with Crippen LogP contribution >= 0.6 is 0 Å². The van der Waals surface area contributed by atoms with E-state index in [1.807, 2.05) is 54.6 Å². The number of nitrogens with one attached hydrogen (secondary N) is 1. The highest BCUT2D eigenvalue weighted by atomic mass is 16.3. The van der Waals surface area contributed by atoms with Crippen molar-refractivity contribution in [3.8, 4) is 12.1 Å². The lowest BCUT2D eigenvalue weighted by molar-refractivity contribution is 0.125. The molecule has 0 aromatic heterocycles. The van der Waals surface area contributed by atoms with Crippen LogP contribution in [0.3, 0.4) is 0 Å². The molecule has 0 aliphatic carbocycles. The summed E-state index contributed by atoms with van der Waals surface area (Å²) in [6.07, 6.45) is 2.69. The summed E-state index contributed by atoms with van der Waals surface area (Å²) < 4.78 is 0. The van der Waals surface area contributed by atoms with Gasteiger partial charge in [-0.05, 0) is 42.5 Å². The van der Waals surface area contributed by atoms with Crippen molar-refractivity contribution in [3.63, 3.8) is 0 Å². The molecule has 172 valence electrons. The quantitative estimate of drug-likeness (QED) is 0.120. The fourth-order valence-corrected chi connectivity index (χ4v) is 4.31. The van der Waals surface area contributed by atoms with Gasteiger partial charge in [-0.2, -0.15) is 10.5 Å². The number of unbranched alkanes of at least 4 members (excludes halogenated alkanes) is 2. The molecule has 1 unspecified atom stereocenters. The van der Waals surface area contributed by atoms with Crippen molar-refractivity contribution in [2.24, 2.45) is 0 Å². The smallest absolute Gasteiger partial charge is 0.189 e. The molecule has 3 aromatic rings. The Bertz CT molecular complexity index is 1050. The van der Waals surface area contributed by atoms with E-state index in [-0.39, 0.29) is 12.0 Å². The maximum absolute atomic E-state index is 10.4. The Morgan fingerprint density at radius 1 is 0.765 bits per heavy atom. The van der Waals surface area contributed by atoms with Gasteiger partial charge in [-0.1, -0.05) is 97.4 Å². The lowest BCUT2D eigenvalue weighted by Gasteiger charge is -2.37. The van der Waals surface area contributed by atoms with E-state index in [4.69, 9.17) is 10.4 Å². The van der Waals surface area contributed by atoms with Gasteiger partial charge in [-0.25, -0.2) is 0 Å². The van der Waals surface area contributed by atoms with Gasteiger partial charge >= 0.3 is 0 Å². The monoisotopic (exact) mass is 451 g/mol. The molecule has 0 amide bonds. The molecule has 1 atom stereocenters. The van der Waals surface area contributed by atoms with E-state index in [2.05, 4.69) is 41.7 Å². The normalized spacial score (nSPS) is 13.4. The van der Waals surface area contributed by atoms with Crippen LogP contribution in [0.4, 0.5) is 0 Å². The molecule has 0 aliphatic rings. The zero-order valence-corrected chi connectivity index (χ0v) is 19.1. The number of rotatable bonds is 11. The molecule has 3 rings (SSSR count). The standard InChI is InChI=1S/C29H29N3O2/c30-21-27(22-33)28(34,23-31)19-11-4-12-20-32-29(24-13-5-1-6-14-24,25-15-7-2-8-16-25)26-17-9-3-10-18-26/h1-3,5-10,13-18,22,32-34H,4,11-12,19-20H2. The van der Waals surface area contributed by atoms with Crippen LogP contribution in [0.2, 0.25) is 0 Å². The van der Waals surface area contributed by atoms with Gasteiger partial charge in [0, 0.05) is 0 Å². The summed E-state index contributed by atoms with van der Waals surface area (Å²) in [4.78, 5) is 0. The van der Waals surface area contributed by atoms with Crippen molar-refractivity contribution < 1.29 is 10.2 Å². The predicted octanol–water partition coefficient (Wildman–Crippen LogP) is 5.35. The van der Waals surface area contributed by atoms with Crippen molar-refractivity contribution in [1.29, 1.82) is 10.5 Å². The SMILES string of the molecule is N#CC(=CO)C(O)(C#N)CCCCCNC(c1ccccc1)(c1ccccc1)c1ccccc1. The minimum atomic E-state index is -1.96. The first-order valence-electron chi connectivity index (χ1n) is 11.4. The van der Waals surface area contributed by atoms with Gasteiger partial charge in [-0.15, -0.1) is 0 Å². The number of aliphatic hydroxyl groups is 2. The highest BCUT2D eigenvalue weighted by Gasteiger charge is 2.35. The van der Waals surface area contributed by atoms with Crippen molar-refractivity contribution in [2.45, 2.75) is 36.8 Å². The third-order valence-electron chi connectivity index (χ3n) is 6.11. The second-order valence-electron chi connectivity index (χ2n) is 8.21. The average molecular weight is 452 g/mol.